The molecular weight excluding hydrogens is 356 g/mol. The SMILES string of the molecule is CCC(C)(C)c1cccc(CCCOS(=O)(=O)CCCc2ccccc2)c1. The van der Waals surface area contributed by atoms with Crippen molar-refractivity contribution in [2.75, 3.05) is 12.4 Å². The van der Waals surface area contributed by atoms with Crippen LogP contribution in [0.25, 0.3) is 0 Å². The van der Waals surface area contributed by atoms with Crippen molar-refractivity contribution in [1.82, 2.24) is 0 Å². The minimum absolute atomic E-state index is 0.0715. The fourth-order valence-electron chi connectivity index (χ4n) is 2.97. The van der Waals surface area contributed by atoms with E-state index in [0.29, 0.717) is 12.8 Å². The summed E-state index contributed by atoms with van der Waals surface area (Å²) in [6, 6.07) is 18.5. The molecule has 0 saturated heterocycles. The smallest absolute Gasteiger partial charge is 0.267 e. The predicted octanol–water partition coefficient (Wildman–Crippen LogP) is 5.29. The van der Waals surface area contributed by atoms with Crippen LogP contribution in [0.15, 0.2) is 54.6 Å². The Bertz CT molecular complexity index is 795. The Balaban J connectivity index is 1.73. The zero-order valence-electron chi connectivity index (χ0n) is 16.8. The highest BCUT2D eigenvalue weighted by atomic mass is 32.2. The van der Waals surface area contributed by atoms with Crippen LogP contribution < -0.4 is 0 Å². The van der Waals surface area contributed by atoms with Crippen molar-refractivity contribution >= 4 is 10.1 Å². The van der Waals surface area contributed by atoms with Crippen LogP contribution in [0.3, 0.4) is 0 Å². The van der Waals surface area contributed by atoms with E-state index < -0.39 is 10.1 Å². The van der Waals surface area contributed by atoms with Gasteiger partial charge in [0.15, 0.2) is 0 Å². The third-order valence-electron chi connectivity index (χ3n) is 5.17. The van der Waals surface area contributed by atoms with E-state index in [-0.39, 0.29) is 17.8 Å². The average molecular weight is 389 g/mol. The van der Waals surface area contributed by atoms with E-state index in [1.807, 2.05) is 30.3 Å². The van der Waals surface area contributed by atoms with Gasteiger partial charge < -0.3 is 0 Å². The number of rotatable bonds is 11. The zero-order valence-corrected chi connectivity index (χ0v) is 17.6. The summed E-state index contributed by atoms with van der Waals surface area (Å²) in [6.07, 6.45) is 3.95. The summed E-state index contributed by atoms with van der Waals surface area (Å²) in [6.45, 7) is 6.94. The van der Waals surface area contributed by atoms with Gasteiger partial charge in [-0.2, -0.15) is 8.42 Å². The van der Waals surface area contributed by atoms with Crippen molar-refractivity contribution in [3.8, 4) is 0 Å². The van der Waals surface area contributed by atoms with Crippen LogP contribution in [0.1, 0.15) is 56.7 Å². The fraction of sp³-hybridized carbons (Fsp3) is 0.478. The van der Waals surface area contributed by atoms with Gasteiger partial charge >= 0.3 is 0 Å². The first-order valence-electron chi connectivity index (χ1n) is 9.83. The molecule has 148 valence electrons. The Morgan fingerprint density at radius 3 is 2.26 bits per heavy atom. The van der Waals surface area contributed by atoms with Crippen molar-refractivity contribution < 1.29 is 12.6 Å². The second-order valence-corrected chi connectivity index (χ2v) is 9.47. The normalized spacial score (nSPS) is 12.3. The molecule has 2 aromatic rings. The lowest BCUT2D eigenvalue weighted by Gasteiger charge is -2.23. The Hall–Kier alpha value is -1.65. The Kier molecular flexibility index (Phi) is 8.06. The minimum atomic E-state index is -3.44. The molecule has 0 atom stereocenters. The van der Waals surface area contributed by atoms with Gasteiger partial charge in [0.25, 0.3) is 10.1 Å². The second-order valence-electron chi connectivity index (χ2n) is 7.71. The lowest BCUT2D eigenvalue weighted by atomic mass is 9.81. The predicted molar refractivity (Wildman–Crippen MR) is 113 cm³/mol. The highest BCUT2D eigenvalue weighted by molar-refractivity contribution is 7.86. The van der Waals surface area contributed by atoms with Crippen molar-refractivity contribution in [2.45, 2.75) is 58.3 Å². The maximum absolute atomic E-state index is 12.0. The van der Waals surface area contributed by atoms with E-state index >= 15 is 0 Å². The van der Waals surface area contributed by atoms with E-state index in [0.717, 1.165) is 24.8 Å². The molecule has 0 amide bonds. The average Bonchev–Trinajstić information content (AvgIpc) is 2.66. The molecule has 0 spiro atoms. The van der Waals surface area contributed by atoms with Crippen LogP contribution in [-0.4, -0.2) is 20.8 Å². The third-order valence-corrected chi connectivity index (χ3v) is 6.48. The first kappa shape index (κ1) is 21.6. The Morgan fingerprint density at radius 2 is 1.56 bits per heavy atom. The van der Waals surface area contributed by atoms with Gasteiger partial charge in [0.2, 0.25) is 0 Å². The number of aryl methyl sites for hydroxylation is 2. The van der Waals surface area contributed by atoms with E-state index in [1.54, 1.807) is 0 Å². The monoisotopic (exact) mass is 388 g/mol. The molecule has 3 nitrogen and oxygen atoms in total. The summed E-state index contributed by atoms with van der Waals surface area (Å²) in [5.41, 5.74) is 3.88. The van der Waals surface area contributed by atoms with Gasteiger partial charge in [-0.05, 0) is 54.2 Å². The summed E-state index contributed by atoms with van der Waals surface area (Å²) in [4.78, 5) is 0. The molecule has 0 unspecified atom stereocenters. The molecule has 0 aliphatic heterocycles. The fourth-order valence-corrected chi connectivity index (χ4v) is 3.96. The molecule has 0 heterocycles. The quantitative estimate of drug-likeness (QED) is 0.388. The molecule has 0 aromatic heterocycles. The number of benzene rings is 2. The van der Waals surface area contributed by atoms with Crippen molar-refractivity contribution in [3.63, 3.8) is 0 Å². The summed E-state index contributed by atoms with van der Waals surface area (Å²) in [7, 11) is -3.44. The standard InChI is InChI=1S/C23H32O3S/c1-4-23(2,3)22-16-8-13-21(19-22)14-9-17-26-27(24,25)18-10-15-20-11-6-5-7-12-20/h5-8,11-13,16,19H,4,9-10,14-15,17-18H2,1-3H3. The molecule has 0 N–H and O–H groups in total. The summed E-state index contributed by atoms with van der Waals surface area (Å²) in [5.74, 6) is 0.0715. The van der Waals surface area contributed by atoms with Crippen molar-refractivity contribution in [1.29, 1.82) is 0 Å². The van der Waals surface area contributed by atoms with E-state index in [1.165, 1.54) is 11.1 Å². The lowest BCUT2D eigenvalue weighted by molar-refractivity contribution is 0.312. The Labute approximate surface area is 164 Å². The van der Waals surface area contributed by atoms with Crippen LogP contribution in [0, 0.1) is 0 Å². The van der Waals surface area contributed by atoms with Gasteiger partial charge in [-0.3, -0.25) is 4.18 Å². The molecular formula is C23H32O3S. The lowest BCUT2D eigenvalue weighted by Crippen LogP contribution is -2.15. The van der Waals surface area contributed by atoms with Gasteiger partial charge in [0.1, 0.15) is 0 Å². The van der Waals surface area contributed by atoms with E-state index in [2.05, 4.69) is 45.0 Å². The Morgan fingerprint density at radius 1 is 0.889 bits per heavy atom. The minimum Gasteiger partial charge on any atom is -0.270 e. The van der Waals surface area contributed by atoms with Gasteiger partial charge in [0.05, 0.1) is 12.4 Å². The first-order valence-corrected chi connectivity index (χ1v) is 11.4. The van der Waals surface area contributed by atoms with Gasteiger partial charge in [-0.1, -0.05) is 75.4 Å². The largest absolute Gasteiger partial charge is 0.270 e. The molecule has 0 fully saturated rings. The molecule has 0 aliphatic carbocycles. The van der Waals surface area contributed by atoms with Gasteiger partial charge in [-0.25, -0.2) is 0 Å². The molecule has 0 radical (unpaired) electrons. The summed E-state index contributed by atoms with van der Waals surface area (Å²) >= 11 is 0. The van der Waals surface area contributed by atoms with E-state index in [9.17, 15) is 8.42 Å². The van der Waals surface area contributed by atoms with Crippen LogP contribution in [0.5, 0.6) is 0 Å². The van der Waals surface area contributed by atoms with E-state index in [4.69, 9.17) is 4.18 Å². The molecule has 0 saturated carbocycles. The third kappa shape index (κ3) is 7.47. The molecule has 4 heteroatoms. The van der Waals surface area contributed by atoms with Gasteiger partial charge in [0, 0.05) is 0 Å². The maximum atomic E-state index is 12.0. The maximum Gasteiger partial charge on any atom is 0.267 e. The van der Waals surface area contributed by atoms with Crippen molar-refractivity contribution in [2.24, 2.45) is 0 Å². The molecule has 0 bridgehead atoms. The second kappa shape index (κ2) is 10.0. The van der Waals surface area contributed by atoms with Crippen LogP contribution in [0.2, 0.25) is 0 Å². The van der Waals surface area contributed by atoms with Crippen molar-refractivity contribution in [3.05, 3.63) is 71.3 Å². The van der Waals surface area contributed by atoms with Crippen LogP contribution >= 0.6 is 0 Å². The highest BCUT2D eigenvalue weighted by Crippen LogP contribution is 2.27. The zero-order chi connectivity index (χ0) is 19.8. The topological polar surface area (TPSA) is 43.4 Å². The number of hydrogen-bond acceptors (Lipinski definition) is 3. The van der Waals surface area contributed by atoms with Crippen LogP contribution in [0.4, 0.5) is 0 Å². The molecule has 2 aromatic carbocycles. The first-order chi connectivity index (χ1) is 12.8. The summed E-state index contributed by atoms with van der Waals surface area (Å²) < 4.78 is 29.2. The van der Waals surface area contributed by atoms with Crippen LogP contribution in [-0.2, 0) is 32.6 Å². The number of hydrogen-bond donors (Lipinski definition) is 0. The van der Waals surface area contributed by atoms with Gasteiger partial charge in [-0.15, -0.1) is 0 Å². The molecule has 27 heavy (non-hydrogen) atoms. The highest BCUT2D eigenvalue weighted by Gasteiger charge is 2.18. The summed E-state index contributed by atoms with van der Waals surface area (Å²) in [5, 5.41) is 0. The molecule has 0 aliphatic rings. The molecule has 2 rings (SSSR count).